The maximum Gasteiger partial charge on any atom is 0.433 e. The molecule has 1 amide bonds. The van der Waals surface area contributed by atoms with Crippen LogP contribution >= 0.6 is 0 Å². The first kappa shape index (κ1) is 25.5. The molecule has 3 heterocycles. The number of nitrogens with one attached hydrogen (secondary N) is 1. The molecular formula is C24H24F5N5O2. The minimum atomic E-state index is -4.75. The molecule has 0 spiro atoms. The second-order valence-electron chi connectivity index (χ2n) is 8.40. The van der Waals surface area contributed by atoms with Gasteiger partial charge in [0.05, 0.1) is 17.2 Å². The third-order valence-electron chi connectivity index (χ3n) is 5.82. The van der Waals surface area contributed by atoms with Crippen molar-refractivity contribution in [3.63, 3.8) is 0 Å². The Kier molecular flexibility index (Phi) is 6.98. The predicted molar refractivity (Wildman–Crippen MR) is 123 cm³/mol. The van der Waals surface area contributed by atoms with Gasteiger partial charge in [-0.3, -0.25) is 9.48 Å². The van der Waals surface area contributed by atoms with Crippen LogP contribution in [-0.2, 0) is 6.18 Å². The van der Waals surface area contributed by atoms with Gasteiger partial charge in [-0.1, -0.05) is 12.1 Å². The van der Waals surface area contributed by atoms with Gasteiger partial charge in [0.25, 0.3) is 5.91 Å². The zero-order chi connectivity index (χ0) is 26.1. The normalized spacial score (nSPS) is 15.5. The summed E-state index contributed by atoms with van der Waals surface area (Å²) in [5.41, 5.74) is -1.43. The number of nitrogens with zero attached hydrogens (tertiary/aromatic N) is 4. The number of allylic oxidation sites excluding steroid dienone is 1. The Morgan fingerprint density at radius 2 is 1.92 bits per heavy atom. The molecule has 2 aromatic heterocycles. The van der Waals surface area contributed by atoms with E-state index < -0.39 is 29.6 Å². The van der Waals surface area contributed by atoms with E-state index in [4.69, 9.17) is 4.74 Å². The van der Waals surface area contributed by atoms with Gasteiger partial charge in [0.1, 0.15) is 11.4 Å². The fraction of sp³-hybridized carbons (Fsp3) is 0.375. The van der Waals surface area contributed by atoms with Gasteiger partial charge in [0.15, 0.2) is 5.75 Å². The summed E-state index contributed by atoms with van der Waals surface area (Å²) < 4.78 is 74.8. The van der Waals surface area contributed by atoms with Crippen molar-refractivity contribution in [3.05, 3.63) is 60.1 Å². The van der Waals surface area contributed by atoms with Crippen LogP contribution < -0.4 is 15.0 Å². The molecule has 12 heteroatoms. The lowest BCUT2D eigenvalue weighted by Gasteiger charge is -2.23. The number of fused-ring (bicyclic) bond motifs is 1. The first-order valence-corrected chi connectivity index (χ1v) is 11.2. The quantitative estimate of drug-likeness (QED) is 0.366. The van der Waals surface area contributed by atoms with Gasteiger partial charge in [-0.05, 0) is 51.1 Å². The first-order chi connectivity index (χ1) is 17.0. The molecule has 1 aliphatic heterocycles. The third-order valence-corrected chi connectivity index (χ3v) is 5.82. The minimum Gasteiger partial charge on any atom is -0.427 e. The summed E-state index contributed by atoms with van der Waals surface area (Å²) >= 11 is 0. The summed E-state index contributed by atoms with van der Waals surface area (Å²) in [6, 6.07) is 5.78. The van der Waals surface area contributed by atoms with Crippen molar-refractivity contribution in [2.24, 2.45) is 0 Å². The average Bonchev–Trinajstić information content (AvgIpc) is 3.25. The maximum atomic E-state index is 14.4. The number of piperidine rings is 1. The molecule has 0 unspecified atom stereocenters. The first-order valence-electron chi connectivity index (χ1n) is 11.2. The summed E-state index contributed by atoms with van der Waals surface area (Å²) in [5.74, 6) is -1.28. The molecular weight excluding hydrogens is 485 g/mol. The van der Waals surface area contributed by atoms with Crippen LogP contribution in [0.25, 0.3) is 10.9 Å². The number of hydrogen-bond acceptors (Lipinski definition) is 5. The number of hydrogen-bond donors (Lipinski definition) is 1. The van der Waals surface area contributed by atoms with E-state index in [0.717, 1.165) is 55.1 Å². The number of aromatic nitrogens is 3. The van der Waals surface area contributed by atoms with E-state index in [2.05, 4.69) is 15.4 Å². The number of pyridine rings is 1. The molecule has 1 N–H and O–H groups in total. The van der Waals surface area contributed by atoms with Crippen LogP contribution in [0.5, 0.6) is 5.75 Å². The molecule has 0 radical (unpaired) electrons. The zero-order valence-corrected chi connectivity index (χ0v) is 19.5. The Hall–Kier alpha value is -3.54. The molecule has 1 aliphatic rings. The maximum absolute atomic E-state index is 14.4. The lowest BCUT2D eigenvalue weighted by Crippen LogP contribution is -2.29. The second-order valence-corrected chi connectivity index (χ2v) is 8.40. The molecule has 1 fully saturated rings. The summed E-state index contributed by atoms with van der Waals surface area (Å²) in [6.45, 7) is 3.03. The molecule has 1 aromatic carbocycles. The van der Waals surface area contributed by atoms with Gasteiger partial charge in [-0.2, -0.15) is 27.1 Å². The van der Waals surface area contributed by atoms with E-state index in [-0.39, 0.29) is 17.5 Å². The third kappa shape index (κ3) is 5.48. The van der Waals surface area contributed by atoms with Gasteiger partial charge < -0.3 is 15.0 Å². The highest BCUT2D eigenvalue weighted by Gasteiger charge is 2.34. The molecule has 36 heavy (non-hydrogen) atoms. The van der Waals surface area contributed by atoms with Gasteiger partial charge in [0, 0.05) is 30.8 Å². The lowest BCUT2D eigenvalue weighted by molar-refractivity contribution is -0.141. The van der Waals surface area contributed by atoms with Gasteiger partial charge in [0.2, 0.25) is 0 Å². The Morgan fingerprint density at radius 3 is 2.58 bits per heavy atom. The fourth-order valence-electron chi connectivity index (χ4n) is 4.03. The van der Waals surface area contributed by atoms with Crippen molar-refractivity contribution >= 4 is 22.5 Å². The molecule has 4 rings (SSSR count). The molecule has 0 atom stereocenters. The van der Waals surface area contributed by atoms with Crippen molar-refractivity contribution in [1.82, 2.24) is 20.1 Å². The number of ether oxygens (including phenoxy) is 1. The Morgan fingerprint density at radius 1 is 1.19 bits per heavy atom. The van der Waals surface area contributed by atoms with Crippen LogP contribution in [0.2, 0.25) is 0 Å². The fourth-order valence-corrected chi connectivity index (χ4v) is 4.03. The van der Waals surface area contributed by atoms with E-state index in [1.54, 1.807) is 10.9 Å². The zero-order valence-electron chi connectivity index (χ0n) is 19.5. The molecule has 1 saturated heterocycles. The predicted octanol–water partition coefficient (Wildman–Crippen LogP) is 5.20. The molecule has 7 nitrogen and oxygen atoms in total. The van der Waals surface area contributed by atoms with Crippen LogP contribution in [0.15, 0.2) is 48.7 Å². The van der Waals surface area contributed by atoms with E-state index in [1.165, 1.54) is 26.1 Å². The molecule has 0 saturated carbocycles. The van der Waals surface area contributed by atoms with Crippen molar-refractivity contribution < 1.29 is 31.5 Å². The lowest BCUT2D eigenvalue weighted by atomic mass is 10.1. The number of halogens is 5. The smallest absolute Gasteiger partial charge is 0.427 e. The van der Waals surface area contributed by atoms with Crippen molar-refractivity contribution in [1.29, 1.82) is 0 Å². The standard InChI is InChI=1S/C24H24F5N5O2/c1-3-9-23(25,26)36-20-13-18-15(14-34(32-18)16-7-10-30-11-8-16)12-19(20)33(2)22(35)17-5-4-6-21(31-17)24(27,28)29/h3-6,9,12-14,16,30H,7-8,10-11H2,1-2H3/b9-3+. The van der Waals surface area contributed by atoms with Crippen LogP contribution in [-0.4, -0.2) is 46.9 Å². The van der Waals surface area contributed by atoms with Crippen LogP contribution in [0.4, 0.5) is 27.6 Å². The van der Waals surface area contributed by atoms with Crippen LogP contribution in [0, 0.1) is 0 Å². The second kappa shape index (κ2) is 9.84. The highest BCUT2D eigenvalue weighted by molar-refractivity contribution is 6.06. The summed E-state index contributed by atoms with van der Waals surface area (Å²) in [6.07, 6.45) is -3.36. The Bertz CT molecular complexity index is 1280. The largest absolute Gasteiger partial charge is 0.433 e. The number of anilines is 1. The number of benzene rings is 1. The molecule has 3 aromatic rings. The van der Waals surface area contributed by atoms with Crippen molar-refractivity contribution in [2.75, 3.05) is 25.0 Å². The van der Waals surface area contributed by atoms with Crippen molar-refractivity contribution in [2.45, 2.75) is 38.1 Å². The number of amides is 1. The van der Waals surface area contributed by atoms with E-state index in [1.807, 2.05) is 0 Å². The highest BCUT2D eigenvalue weighted by Crippen LogP contribution is 2.37. The average molecular weight is 509 g/mol. The monoisotopic (exact) mass is 509 g/mol. The van der Waals surface area contributed by atoms with Crippen molar-refractivity contribution in [3.8, 4) is 5.75 Å². The molecule has 0 bridgehead atoms. The summed E-state index contributed by atoms with van der Waals surface area (Å²) in [5, 5.41) is 8.34. The summed E-state index contributed by atoms with van der Waals surface area (Å²) in [7, 11) is 1.25. The van der Waals surface area contributed by atoms with Crippen LogP contribution in [0.3, 0.4) is 0 Å². The minimum absolute atomic E-state index is 0.0687. The van der Waals surface area contributed by atoms with Gasteiger partial charge in [-0.15, -0.1) is 0 Å². The molecule has 0 aliphatic carbocycles. The van der Waals surface area contributed by atoms with E-state index in [0.29, 0.717) is 17.0 Å². The van der Waals surface area contributed by atoms with Gasteiger partial charge >= 0.3 is 12.3 Å². The Labute approximate surface area is 203 Å². The van der Waals surface area contributed by atoms with E-state index in [9.17, 15) is 26.7 Å². The number of rotatable bonds is 6. The van der Waals surface area contributed by atoms with Gasteiger partial charge in [-0.25, -0.2) is 4.98 Å². The Balaban J connectivity index is 1.76. The van der Waals surface area contributed by atoms with E-state index >= 15 is 0 Å². The molecule has 192 valence electrons. The number of alkyl halides is 5. The number of carbonyl (C=O) groups excluding carboxylic acids is 1. The SMILES string of the molecule is C/C=C/C(F)(F)Oc1cc2nn(C3CCNCC3)cc2cc1N(C)C(=O)c1cccc(C(F)(F)F)n1. The summed E-state index contributed by atoms with van der Waals surface area (Å²) in [4.78, 5) is 17.4. The van der Waals surface area contributed by atoms with Crippen LogP contribution in [0.1, 0.15) is 42.0 Å². The highest BCUT2D eigenvalue weighted by atomic mass is 19.4. The number of carbonyl (C=O) groups is 1. The topological polar surface area (TPSA) is 72.3 Å².